The van der Waals surface area contributed by atoms with Gasteiger partial charge >= 0.3 is 0 Å². The molecule has 1 heterocycles. The van der Waals surface area contributed by atoms with Gasteiger partial charge in [-0.15, -0.1) is 10.2 Å². The predicted octanol–water partition coefficient (Wildman–Crippen LogP) is 5.56. The standard InChI is InChI=1S/C17H14Cl2N2O2S/c1-11-3-2-4-13(7-11)22-9-16-20-21-17(23-16)24-10-12-5-6-14(18)15(19)8-12/h2-8H,9-10H2,1H3. The molecule has 24 heavy (non-hydrogen) atoms. The van der Waals surface area contributed by atoms with Crippen molar-refractivity contribution in [3.63, 3.8) is 0 Å². The van der Waals surface area contributed by atoms with Gasteiger partial charge in [-0.2, -0.15) is 0 Å². The highest BCUT2D eigenvalue weighted by Gasteiger charge is 2.09. The maximum absolute atomic E-state index is 6.00. The molecule has 0 aliphatic rings. The fraction of sp³-hybridized carbons (Fsp3) is 0.176. The average molecular weight is 381 g/mol. The van der Waals surface area contributed by atoms with Crippen LogP contribution in [0.2, 0.25) is 10.0 Å². The lowest BCUT2D eigenvalue weighted by atomic mass is 10.2. The molecule has 0 amide bonds. The second-order valence-electron chi connectivity index (χ2n) is 5.10. The van der Waals surface area contributed by atoms with Gasteiger partial charge in [-0.3, -0.25) is 0 Å². The fourth-order valence-corrected chi connectivity index (χ4v) is 3.02. The Bertz CT molecular complexity index is 839. The lowest BCUT2D eigenvalue weighted by molar-refractivity contribution is 0.252. The largest absolute Gasteiger partial charge is 0.484 e. The number of hydrogen-bond acceptors (Lipinski definition) is 5. The Balaban J connectivity index is 1.54. The van der Waals surface area contributed by atoms with E-state index in [4.69, 9.17) is 32.4 Å². The molecule has 7 heteroatoms. The van der Waals surface area contributed by atoms with Gasteiger partial charge in [-0.1, -0.05) is 53.2 Å². The van der Waals surface area contributed by atoms with E-state index in [1.165, 1.54) is 11.8 Å². The zero-order chi connectivity index (χ0) is 16.9. The molecule has 0 N–H and O–H groups in total. The number of thioether (sulfide) groups is 1. The topological polar surface area (TPSA) is 48.2 Å². The molecule has 0 fully saturated rings. The number of halogens is 2. The Morgan fingerprint density at radius 3 is 2.75 bits per heavy atom. The molecule has 2 aromatic carbocycles. The van der Waals surface area contributed by atoms with Crippen molar-refractivity contribution in [1.82, 2.24) is 10.2 Å². The van der Waals surface area contributed by atoms with Crippen LogP contribution in [-0.2, 0) is 12.4 Å². The van der Waals surface area contributed by atoms with E-state index in [9.17, 15) is 0 Å². The summed E-state index contributed by atoms with van der Waals surface area (Å²) in [5, 5.41) is 9.56. The van der Waals surface area contributed by atoms with Crippen molar-refractivity contribution in [3.8, 4) is 5.75 Å². The molecule has 0 radical (unpaired) electrons. The highest BCUT2D eigenvalue weighted by molar-refractivity contribution is 7.98. The van der Waals surface area contributed by atoms with Gasteiger partial charge in [0.25, 0.3) is 11.1 Å². The third kappa shape index (κ3) is 4.66. The first-order valence-corrected chi connectivity index (χ1v) is 8.93. The molecule has 0 aliphatic carbocycles. The van der Waals surface area contributed by atoms with E-state index in [1.54, 1.807) is 6.07 Å². The SMILES string of the molecule is Cc1cccc(OCc2nnc(SCc3ccc(Cl)c(Cl)c3)o2)c1. The highest BCUT2D eigenvalue weighted by Crippen LogP contribution is 2.27. The zero-order valence-electron chi connectivity index (χ0n) is 12.8. The molecule has 0 aliphatic heterocycles. The molecule has 0 saturated heterocycles. The van der Waals surface area contributed by atoms with Crippen LogP contribution in [-0.4, -0.2) is 10.2 Å². The second-order valence-corrected chi connectivity index (χ2v) is 6.85. The van der Waals surface area contributed by atoms with E-state index >= 15 is 0 Å². The minimum Gasteiger partial charge on any atom is -0.484 e. The van der Waals surface area contributed by atoms with Crippen LogP contribution in [0.5, 0.6) is 5.75 Å². The van der Waals surface area contributed by atoms with Gasteiger partial charge in [0.15, 0.2) is 6.61 Å². The molecular weight excluding hydrogens is 367 g/mol. The van der Waals surface area contributed by atoms with Crippen LogP contribution in [0.15, 0.2) is 52.1 Å². The Morgan fingerprint density at radius 1 is 1.08 bits per heavy atom. The van der Waals surface area contributed by atoms with Gasteiger partial charge in [0.2, 0.25) is 0 Å². The molecule has 3 rings (SSSR count). The molecular formula is C17H14Cl2N2O2S. The number of aryl methyl sites for hydroxylation is 1. The molecule has 0 spiro atoms. The van der Waals surface area contributed by atoms with Crippen molar-refractivity contribution in [2.24, 2.45) is 0 Å². The molecule has 0 atom stereocenters. The number of nitrogens with zero attached hydrogens (tertiary/aromatic N) is 2. The Hall–Kier alpha value is -1.69. The van der Waals surface area contributed by atoms with E-state index in [0.717, 1.165) is 16.9 Å². The van der Waals surface area contributed by atoms with Crippen LogP contribution < -0.4 is 4.74 Å². The summed E-state index contributed by atoms with van der Waals surface area (Å²) in [4.78, 5) is 0. The summed E-state index contributed by atoms with van der Waals surface area (Å²) >= 11 is 13.3. The molecule has 4 nitrogen and oxygen atoms in total. The predicted molar refractivity (Wildman–Crippen MR) is 95.8 cm³/mol. The first-order valence-electron chi connectivity index (χ1n) is 7.19. The Morgan fingerprint density at radius 2 is 1.96 bits per heavy atom. The third-order valence-electron chi connectivity index (χ3n) is 3.15. The summed E-state index contributed by atoms with van der Waals surface area (Å²) in [6.07, 6.45) is 0. The summed E-state index contributed by atoms with van der Waals surface area (Å²) in [5.41, 5.74) is 2.17. The number of benzene rings is 2. The van der Waals surface area contributed by atoms with Crippen molar-refractivity contribution < 1.29 is 9.15 Å². The maximum Gasteiger partial charge on any atom is 0.277 e. The van der Waals surface area contributed by atoms with Crippen molar-refractivity contribution >= 4 is 35.0 Å². The first kappa shape index (κ1) is 17.1. The monoisotopic (exact) mass is 380 g/mol. The third-order valence-corrected chi connectivity index (χ3v) is 4.78. The molecule has 1 aromatic heterocycles. The number of hydrogen-bond donors (Lipinski definition) is 0. The number of rotatable bonds is 6. The zero-order valence-corrected chi connectivity index (χ0v) is 15.2. The minimum absolute atomic E-state index is 0.240. The van der Waals surface area contributed by atoms with Crippen LogP contribution in [0.1, 0.15) is 17.0 Å². The summed E-state index contributed by atoms with van der Waals surface area (Å²) < 4.78 is 11.2. The van der Waals surface area contributed by atoms with Gasteiger partial charge < -0.3 is 9.15 Å². The number of aromatic nitrogens is 2. The van der Waals surface area contributed by atoms with Crippen molar-refractivity contribution in [1.29, 1.82) is 0 Å². The van der Waals surface area contributed by atoms with Crippen molar-refractivity contribution in [2.45, 2.75) is 24.5 Å². The van der Waals surface area contributed by atoms with E-state index < -0.39 is 0 Å². The van der Waals surface area contributed by atoms with Crippen LogP contribution >= 0.6 is 35.0 Å². The molecule has 3 aromatic rings. The quantitative estimate of drug-likeness (QED) is 0.524. The van der Waals surface area contributed by atoms with E-state index in [2.05, 4.69) is 10.2 Å². The normalized spacial score (nSPS) is 10.8. The van der Waals surface area contributed by atoms with Crippen LogP contribution in [0.3, 0.4) is 0 Å². The fourth-order valence-electron chi connectivity index (χ4n) is 1.98. The van der Waals surface area contributed by atoms with E-state index in [1.807, 2.05) is 43.3 Å². The minimum atomic E-state index is 0.240. The highest BCUT2D eigenvalue weighted by atomic mass is 35.5. The Labute approximate surface area is 154 Å². The molecule has 0 saturated carbocycles. The molecule has 124 valence electrons. The average Bonchev–Trinajstić information content (AvgIpc) is 3.02. The van der Waals surface area contributed by atoms with Gasteiger partial charge in [0, 0.05) is 5.75 Å². The van der Waals surface area contributed by atoms with Gasteiger partial charge in [-0.25, -0.2) is 0 Å². The lowest BCUT2D eigenvalue weighted by Crippen LogP contribution is -1.95. The summed E-state index contributed by atoms with van der Waals surface area (Å²) in [6, 6.07) is 13.3. The maximum atomic E-state index is 6.00. The van der Waals surface area contributed by atoms with Gasteiger partial charge in [0.05, 0.1) is 10.0 Å². The van der Waals surface area contributed by atoms with Crippen LogP contribution in [0, 0.1) is 6.92 Å². The van der Waals surface area contributed by atoms with Crippen LogP contribution in [0.25, 0.3) is 0 Å². The van der Waals surface area contributed by atoms with Crippen molar-refractivity contribution in [3.05, 3.63) is 69.5 Å². The molecule has 0 bridgehead atoms. The van der Waals surface area contributed by atoms with Gasteiger partial charge in [0.1, 0.15) is 5.75 Å². The lowest BCUT2D eigenvalue weighted by Gasteiger charge is -2.03. The number of ether oxygens (including phenoxy) is 1. The Kier molecular flexibility index (Phi) is 5.66. The summed E-state index contributed by atoms with van der Waals surface area (Å²) in [7, 11) is 0. The van der Waals surface area contributed by atoms with Crippen LogP contribution in [0.4, 0.5) is 0 Å². The van der Waals surface area contributed by atoms with E-state index in [0.29, 0.717) is 26.9 Å². The summed E-state index contributed by atoms with van der Waals surface area (Å²) in [5.74, 6) is 1.88. The van der Waals surface area contributed by atoms with Gasteiger partial charge in [-0.05, 0) is 42.3 Å². The summed E-state index contributed by atoms with van der Waals surface area (Å²) in [6.45, 7) is 2.25. The van der Waals surface area contributed by atoms with E-state index in [-0.39, 0.29) is 6.61 Å². The van der Waals surface area contributed by atoms with Crippen molar-refractivity contribution in [2.75, 3.05) is 0 Å². The first-order chi connectivity index (χ1) is 11.6. The second kappa shape index (κ2) is 7.92. The smallest absolute Gasteiger partial charge is 0.277 e. The molecule has 0 unspecified atom stereocenters.